The Labute approximate surface area is 106 Å². The monoisotopic (exact) mass is 270 g/mol. The van der Waals surface area contributed by atoms with E-state index < -0.39 is 7.25 Å². The van der Waals surface area contributed by atoms with Gasteiger partial charge in [0.25, 0.3) is 0 Å². The molecule has 0 fully saturated rings. The summed E-state index contributed by atoms with van der Waals surface area (Å²) in [6, 6.07) is 0. The average molecular weight is 270 g/mol. The molecule has 18 heavy (non-hydrogen) atoms. The topological polar surface area (TPSA) is 32.5 Å². The molecule has 1 aliphatic heterocycles. The van der Waals surface area contributed by atoms with Crippen molar-refractivity contribution in [3.63, 3.8) is 0 Å². The molecule has 0 spiro atoms. The molecule has 1 unspecified atom stereocenters. The molecule has 0 saturated carbocycles. The Hall–Kier alpha value is -0.915. The first kappa shape index (κ1) is 17.1. The van der Waals surface area contributed by atoms with Gasteiger partial charge in [-0.1, -0.05) is 20.3 Å². The minimum atomic E-state index is -6.00. The summed E-state index contributed by atoms with van der Waals surface area (Å²) in [6.07, 6.45) is 7.95. The summed E-state index contributed by atoms with van der Waals surface area (Å²) in [5.41, 5.74) is 5.92. The van der Waals surface area contributed by atoms with Crippen molar-refractivity contribution in [2.75, 3.05) is 13.2 Å². The highest BCUT2D eigenvalue weighted by molar-refractivity contribution is 6.50. The van der Waals surface area contributed by atoms with Crippen LogP contribution in [0.5, 0.6) is 0 Å². The van der Waals surface area contributed by atoms with Gasteiger partial charge in [0.15, 0.2) is 0 Å². The van der Waals surface area contributed by atoms with Gasteiger partial charge in [-0.2, -0.15) is 0 Å². The van der Waals surface area contributed by atoms with Crippen molar-refractivity contribution in [3.8, 4) is 0 Å². The van der Waals surface area contributed by atoms with E-state index in [0.29, 0.717) is 0 Å². The lowest BCUT2D eigenvalue weighted by molar-refractivity contribution is 0.209. The molecule has 0 amide bonds. The minimum absolute atomic E-state index is 0.183. The maximum absolute atomic E-state index is 9.75. The molecule has 0 saturated heterocycles. The number of hydrogen-bond donors (Lipinski definition) is 1. The van der Waals surface area contributed by atoms with Crippen LogP contribution < -0.4 is 5.73 Å². The quantitative estimate of drug-likeness (QED) is 0.616. The maximum Gasteiger partial charge on any atom is 0.673 e. The van der Waals surface area contributed by atoms with Gasteiger partial charge in [0.2, 0.25) is 0 Å². The van der Waals surface area contributed by atoms with Gasteiger partial charge in [-0.25, -0.2) is 0 Å². The zero-order chi connectivity index (χ0) is 14.2. The van der Waals surface area contributed by atoms with E-state index in [0.717, 1.165) is 19.6 Å². The summed E-state index contributed by atoms with van der Waals surface area (Å²) in [4.78, 5) is 4.51. The fourth-order valence-electron chi connectivity index (χ4n) is 1.44. The van der Waals surface area contributed by atoms with Gasteiger partial charge in [-0.15, -0.1) is 0 Å². The molecular formula is C10H21BF4N3-. The molecule has 3 nitrogen and oxygen atoms in total. The van der Waals surface area contributed by atoms with Crippen LogP contribution in [0.2, 0.25) is 0 Å². The van der Waals surface area contributed by atoms with Crippen molar-refractivity contribution >= 4 is 7.25 Å². The van der Waals surface area contributed by atoms with Crippen LogP contribution in [-0.4, -0.2) is 36.4 Å². The Morgan fingerprint density at radius 1 is 1.22 bits per heavy atom. The van der Waals surface area contributed by atoms with Gasteiger partial charge < -0.3 is 32.8 Å². The van der Waals surface area contributed by atoms with E-state index in [4.69, 9.17) is 5.73 Å². The van der Waals surface area contributed by atoms with Crippen LogP contribution in [0.4, 0.5) is 17.3 Å². The zero-order valence-electron chi connectivity index (χ0n) is 10.8. The summed E-state index contributed by atoms with van der Waals surface area (Å²) >= 11 is 0. The number of nitrogens with zero attached hydrogens (tertiary/aromatic N) is 2. The molecule has 8 heteroatoms. The fraction of sp³-hybridized carbons (Fsp3) is 0.800. The largest absolute Gasteiger partial charge is 0.673 e. The Morgan fingerprint density at radius 2 is 1.78 bits per heavy atom. The summed E-state index contributed by atoms with van der Waals surface area (Å²) in [6.45, 7) is 6.46. The Bertz CT molecular complexity index is 242. The molecule has 1 atom stereocenters. The van der Waals surface area contributed by atoms with Crippen molar-refractivity contribution in [2.45, 2.75) is 39.3 Å². The number of rotatable bonds is 5. The van der Waals surface area contributed by atoms with Crippen molar-refractivity contribution in [2.24, 2.45) is 5.73 Å². The summed E-state index contributed by atoms with van der Waals surface area (Å²) < 4.78 is 39.0. The van der Waals surface area contributed by atoms with Gasteiger partial charge in [-0.3, -0.25) is 0 Å². The number of nitrogens with two attached hydrogens (primary N) is 1. The first-order valence-electron chi connectivity index (χ1n) is 6.09. The Kier molecular flexibility index (Phi) is 7.81. The van der Waals surface area contributed by atoms with Crippen LogP contribution in [-0.2, 0) is 0 Å². The zero-order valence-corrected chi connectivity index (χ0v) is 10.8. The van der Waals surface area contributed by atoms with Gasteiger partial charge in [0, 0.05) is 18.9 Å². The van der Waals surface area contributed by atoms with Crippen molar-refractivity contribution in [1.29, 1.82) is 0 Å². The Balaban J connectivity index is 0.000000494. The number of hydrogen-bond acceptors (Lipinski definition) is 3. The van der Waals surface area contributed by atoms with Gasteiger partial charge >= 0.3 is 7.25 Å². The lowest BCUT2D eigenvalue weighted by Gasteiger charge is -2.25. The fourth-order valence-corrected chi connectivity index (χ4v) is 1.44. The van der Waals surface area contributed by atoms with E-state index in [1.54, 1.807) is 0 Å². The minimum Gasteiger partial charge on any atom is -0.418 e. The Morgan fingerprint density at radius 3 is 2.22 bits per heavy atom. The van der Waals surface area contributed by atoms with Crippen LogP contribution in [0.25, 0.3) is 0 Å². The van der Waals surface area contributed by atoms with E-state index in [1.165, 1.54) is 12.8 Å². The van der Waals surface area contributed by atoms with Crippen LogP contribution in [0.1, 0.15) is 33.1 Å². The number of halogens is 4. The summed E-state index contributed by atoms with van der Waals surface area (Å²) in [7, 11) is -6.00. The smallest absolute Gasteiger partial charge is 0.418 e. The summed E-state index contributed by atoms with van der Waals surface area (Å²) in [5.74, 6) is 0. The first-order valence-corrected chi connectivity index (χ1v) is 6.09. The normalized spacial score (nSPS) is 16.6. The van der Waals surface area contributed by atoms with Gasteiger partial charge in [0.05, 0.1) is 12.8 Å². The predicted molar refractivity (Wildman–Crippen MR) is 65.9 cm³/mol. The second-order valence-electron chi connectivity index (χ2n) is 4.09. The molecule has 0 aromatic heterocycles. The molecule has 0 aromatic carbocycles. The molecule has 1 aliphatic rings. The second kappa shape index (κ2) is 8.23. The molecular weight excluding hydrogens is 249 g/mol. The second-order valence-corrected chi connectivity index (χ2v) is 4.09. The predicted octanol–water partition coefficient (Wildman–Crippen LogP) is 2.83. The molecule has 2 N–H and O–H groups in total. The molecule has 0 aliphatic carbocycles. The molecule has 1 heterocycles. The van der Waals surface area contributed by atoms with Crippen LogP contribution in [0.3, 0.4) is 0 Å². The summed E-state index contributed by atoms with van der Waals surface area (Å²) in [5, 5.41) is 0. The third-order valence-electron chi connectivity index (χ3n) is 2.46. The van der Waals surface area contributed by atoms with Gasteiger partial charge in [-0.05, 0) is 12.8 Å². The van der Waals surface area contributed by atoms with E-state index in [1.807, 2.05) is 0 Å². The highest BCUT2D eigenvalue weighted by Gasteiger charge is 2.20. The molecule has 0 bridgehead atoms. The highest BCUT2D eigenvalue weighted by atomic mass is 19.5. The average Bonchev–Trinajstić information content (AvgIpc) is 2.71. The van der Waals surface area contributed by atoms with Crippen LogP contribution in [0, 0.1) is 0 Å². The standard InChI is InChI=1S/C10H21N3.BF4/c1-3-5-6-12-7-8-13(9-12)10(11)4-2;2-1(3,4)5/h7-8,10H,3-6,9,11H2,1-2H3;/q;-1. The van der Waals surface area contributed by atoms with Crippen molar-refractivity contribution in [3.05, 3.63) is 12.4 Å². The highest BCUT2D eigenvalue weighted by Crippen LogP contribution is 2.10. The maximum atomic E-state index is 9.75. The van der Waals surface area contributed by atoms with Crippen molar-refractivity contribution < 1.29 is 17.3 Å². The van der Waals surface area contributed by atoms with Crippen LogP contribution >= 0.6 is 0 Å². The van der Waals surface area contributed by atoms with Crippen molar-refractivity contribution in [1.82, 2.24) is 9.80 Å². The lowest BCUT2D eigenvalue weighted by Crippen LogP contribution is -2.39. The first-order chi connectivity index (χ1) is 8.27. The molecule has 0 radical (unpaired) electrons. The number of unbranched alkanes of at least 4 members (excludes halogenated alkanes) is 1. The third kappa shape index (κ3) is 9.15. The lowest BCUT2D eigenvalue weighted by atomic mass is 10.3. The van der Waals surface area contributed by atoms with E-state index >= 15 is 0 Å². The third-order valence-corrected chi connectivity index (χ3v) is 2.46. The van der Waals surface area contributed by atoms with Crippen LogP contribution in [0.15, 0.2) is 12.4 Å². The van der Waals surface area contributed by atoms with E-state index in [9.17, 15) is 17.3 Å². The SMILES string of the molecule is CCCCN1C=CN(C(N)CC)C1.F[B-](F)(F)F. The van der Waals surface area contributed by atoms with E-state index in [2.05, 4.69) is 36.0 Å². The molecule has 0 aromatic rings. The van der Waals surface area contributed by atoms with Gasteiger partial charge in [0.1, 0.15) is 0 Å². The molecule has 1 rings (SSSR count). The van der Waals surface area contributed by atoms with E-state index in [-0.39, 0.29) is 6.17 Å². The molecule has 108 valence electrons.